The summed E-state index contributed by atoms with van der Waals surface area (Å²) >= 11 is 0. The highest BCUT2D eigenvalue weighted by Gasteiger charge is 2.29. The first-order valence-corrected chi connectivity index (χ1v) is 9.91. The van der Waals surface area contributed by atoms with E-state index in [2.05, 4.69) is 4.98 Å². The van der Waals surface area contributed by atoms with E-state index in [1.165, 1.54) is 4.57 Å². The first-order valence-electron chi connectivity index (χ1n) is 8.09. The number of rotatable bonds is 5. The standard InChI is InChI=1S/C17H18N2O6S/c1-2-24-17(21)14-15(25-10-12-6-4-3-5-7-12)16(20)19-8-9-26(22,23)11-13(19)18-14/h3-7H,2,8-11H2,1H3. The minimum Gasteiger partial charge on any atom is -0.481 e. The Morgan fingerprint density at radius 2 is 2.00 bits per heavy atom. The summed E-state index contributed by atoms with van der Waals surface area (Å²) in [5.41, 5.74) is -0.0629. The summed E-state index contributed by atoms with van der Waals surface area (Å²) in [4.78, 5) is 29.1. The van der Waals surface area contributed by atoms with Crippen molar-refractivity contribution < 1.29 is 22.7 Å². The van der Waals surface area contributed by atoms with Crippen LogP contribution in [0.1, 0.15) is 28.8 Å². The molecule has 1 aromatic carbocycles. The van der Waals surface area contributed by atoms with Crippen LogP contribution >= 0.6 is 0 Å². The number of nitrogens with zero attached hydrogens (tertiary/aromatic N) is 2. The number of sulfone groups is 1. The highest BCUT2D eigenvalue weighted by Crippen LogP contribution is 2.19. The summed E-state index contributed by atoms with van der Waals surface area (Å²) in [7, 11) is -3.35. The second kappa shape index (κ2) is 7.28. The number of carbonyl (C=O) groups is 1. The second-order valence-electron chi connectivity index (χ2n) is 5.75. The van der Waals surface area contributed by atoms with Gasteiger partial charge in [-0.05, 0) is 12.5 Å². The third-order valence-corrected chi connectivity index (χ3v) is 5.38. The predicted octanol–water partition coefficient (Wildman–Crippen LogP) is 0.927. The molecule has 0 spiro atoms. The molecule has 0 N–H and O–H groups in total. The van der Waals surface area contributed by atoms with E-state index < -0.39 is 27.1 Å². The average Bonchev–Trinajstić information content (AvgIpc) is 2.61. The van der Waals surface area contributed by atoms with Crippen molar-refractivity contribution in [1.29, 1.82) is 0 Å². The molecule has 0 unspecified atom stereocenters. The largest absolute Gasteiger partial charge is 0.481 e. The fraction of sp³-hybridized carbons (Fsp3) is 0.353. The summed E-state index contributed by atoms with van der Waals surface area (Å²) in [6.07, 6.45) is 0. The van der Waals surface area contributed by atoms with Gasteiger partial charge in [0, 0.05) is 6.54 Å². The van der Waals surface area contributed by atoms with Crippen LogP contribution in [0.5, 0.6) is 5.75 Å². The smallest absolute Gasteiger partial charge is 0.361 e. The molecule has 1 aliphatic heterocycles. The van der Waals surface area contributed by atoms with Gasteiger partial charge in [0.15, 0.2) is 15.5 Å². The third kappa shape index (κ3) is 3.77. The van der Waals surface area contributed by atoms with Gasteiger partial charge in [-0.1, -0.05) is 30.3 Å². The predicted molar refractivity (Wildman–Crippen MR) is 92.7 cm³/mol. The first-order chi connectivity index (χ1) is 12.4. The van der Waals surface area contributed by atoms with Crippen LogP contribution < -0.4 is 10.3 Å². The van der Waals surface area contributed by atoms with Gasteiger partial charge in [0.1, 0.15) is 18.2 Å². The second-order valence-corrected chi connectivity index (χ2v) is 7.93. The van der Waals surface area contributed by atoms with Crippen molar-refractivity contribution in [1.82, 2.24) is 9.55 Å². The lowest BCUT2D eigenvalue weighted by Gasteiger charge is -2.20. The van der Waals surface area contributed by atoms with Crippen LogP contribution in [0, 0.1) is 0 Å². The Bertz CT molecular complexity index is 982. The van der Waals surface area contributed by atoms with E-state index >= 15 is 0 Å². The van der Waals surface area contributed by atoms with E-state index in [0.717, 1.165) is 5.56 Å². The zero-order valence-corrected chi connectivity index (χ0v) is 15.0. The molecule has 0 atom stereocenters. The Labute approximate surface area is 150 Å². The van der Waals surface area contributed by atoms with Crippen LogP contribution in [-0.4, -0.2) is 36.3 Å². The number of ether oxygens (including phenoxy) is 2. The Kier molecular flexibility index (Phi) is 5.08. The molecule has 0 aliphatic carbocycles. The van der Waals surface area contributed by atoms with Gasteiger partial charge in [-0.25, -0.2) is 18.2 Å². The summed E-state index contributed by atoms with van der Waals surface area (Å²) in [5, 5.41) is 0. The van der Waals surface area contributed by atoms with Gasteiger partial charge >= 0.3 is 5.97 Å². The van der Waals surface area contributed by atoms with Crippen molar-refractivity contribution in [3.63, 3.8) is 0 Å². The van der Waals surface area contributed by atoms with Crippen molar-refractivity contribution in [3.8, 4) is 5.75 Å². The summed E-state index contributed by atoms with van der Waals surface area (Å²) in [6.45, 7) is 1.77. The lowest BCUT2D eigenvalue weighted by atomic mass is 10.2. The van der Waals surface area contributed by atoms with E-state index in [0.29, 0.717) is 0 Å². The normalized spacial score (nSPS) is 15.1. The maximum Gasteiger partial charge on any atom is 0.361 e. The van der Waals surface area contributed by atoms with Gasteiger partial charge in [0.25, 0.3) is 5.56 Å². The van der Waals surface area contributed by atoms with Crippen molar-refractivity contribution in [3.05, 3.63) is 57.8 Å². The maximum absolute atomic E-state index is 12.8. The highest BCUT2D eigenvalue weighted by molar-refractivity contribution is 7.90. The van der Waals surface area contributed by atoms with E-state index in [-0.39, 0.29) is 42.8 Å². The lowest BCUT2D eigenvalue weighted by molar-refractivity contribution is 0.0512. The molecule has 1 aromatic heterocycles. The van der Waals surface area contributed by atoms with Gasteiger partial charge in [-0.3, -0.25) is 9.36 Å². The highest BCUT2D eigenvalue weighted by atomic mass is 32.2. The van der Waals surface area contributed by atoms with E-state index in [1.54, 1.807) is 6.92 Å². The Morgan fingerprint density at radius 1 is 1.27 bits per heavy atom. The molecule has 138 valence electrons. The summed E-state index contributed by atoms with van der Waals surface area (Å²) in [5.74, 6) is -1.57. The van der Waals surface area contributed by atoms with Gasteiger partial charge in [0.2, 0.25) is 5.75 Å². The zero-order valence-electron chi connectivity index (χ0n) is 14.2. The molecule has 0 amide bonds. The SMILES string of the molecule is CCOC(=O)c1nc2n(c(=O)c1OCc1ccccc1)CCS(=O)(=O)C2. The molecule has 8 nitrogen and oxygen atoms in total. The number of hydrogen-bond acceptors (Lipinski definition) is 7. The zero-order chi connectivity index (χ0) is 18.7. The van der Waals surface area contributed by atoms with Crippen molar-refractivity contribution in [2.45, 2.75) is 25.8 Å². The fourth-order valence-electron chi connectivity index (χ4n) is 2.62. The number of carbonyl (C=O) groups excluding carboxylic acids is 1. The van der Waals surface area contributed by atoms with Crippen LogP contribution in [0.4, 0.5) is 0 Å². The van der Waals surface area contributed by atoms with Crippen LogP contribution in [-0.2, 0) is 33.5 Å². The molecule has 0 radical (unpaired) electrons. The van der Waals surface area contributed by atoms with E-state index in [4.69, 9.17) is 9.47 Å². The van der Waals surface area contributed by atoms with Crippen molar-refractivity contribution in [2.75, 3.05) is 12.4 Å². The number of benzene rings is 1. The summed E-state index contributed by atoms with van der Waals surface area (Å²) in [6, 6.07) is 9.14. The molecular weight excluding hydrogens is 360 g/mol. The molecule has 0 saturated heterocycles. The van der Waals surface area contributed by atoms with Crippen LogP contribution in [0.25, 0.3) is 0 Å². The quantitative estimate of drug-likeness (QED) is 0.713. The molecular formula is C17H18N2O6S. The molecule has 0 fully saturated rings. The molecule has 2 aromatic rings. The molecule has 0 saturated carbocycles. The lowest BCUT2D eigenvalue weighted by Crippen LogP contribution is -2.36. The molecule has 0 bridgehead atoms. The molecule has 9 heteroatoms. The van der Waals surface area contributed by atoms with Crippen LogP contribution in [0.3, 0.4) is 0 Å². The van der Waals surface area contributed by atoms with E-state index in [9.17, 15) is 18.0 Å². The topological polar surface area (TPSA) is 105 Å². The average molecular weight is 378 g/mol. The number of hydrogen-bond donors (Lipinski definition) is 0. The third-order valence-electron chi connectivity index (χ3n) is 3.88. The number of fused-ring (bicyclic) bond motifs is 1. The van der Waals surface area contributed by atoms with Gasteiger partial charge in [-0.15, -0.1) is 0 Å². The maximum atomic E-state index is 12.8. The van der Waals surface area contributed by atoms with Gasteiger partial charge in [-0.2, -0.15) is 0 Å². The number of esters is 1. The molecule has 1 aliphatic rings. The van der Waals surface area contributed by atoms with Crippen molar-refractivity contribution in [2.24, 2.45) is 0 Å². The first kappa shape index (κ1) is 18.1. The van der Waals surface area contributed by atoms with E-state index in [1.807, 2.05) is 30.3 Å². The monoisotopic (exact) mass is 378 g/mol. The van der Waals surface area contributed by atoms with Crippen LogP contribution in [0.2, 0.25) is 0 Å². The van der Waals surface area contributed by atoms with Gasteiger partial charge < -0.3 is 9.47 Å². The Morgan fingerprint density at radius 3 is 2.69 bits per heavy atom. The Balaban J connectivity index is 2.03. The van der Waals surface area contributed by atoms with Crippen LogP contribution in [0.15, 0.2) is 35.1 Å². The minimum atomic E-state index is -3.35. The molecule has 2 heterocycles. The minimum absolute atomic E-state index is 0.0195. The Hall–Kier alpha value is -2.68. The summed E-state index contributed by atoms with van der Waals surface area (Å²) < 4.78 is 35.4. The van der Waals surface area contributed by atoms with Crippen molar-refractivity contribution >= 4 is 15.8 Å². The number of aromatic nitrogens is 2. The molecule has 3 rings (SSSR count). The molecule has 26 heavy (non-hydrogen) atoms. The fourth-order valence-corrected chi connectivity index (χ4v) is 3.84. The van der Waals surface area contributed by atoms with Gasteiger partial charge in [0.05, 0.1) is 12.4 Å².